The average Bonchev–Trinajstić information content (AvgIpc) is 2.63. The lowest BCUT2D eigenvalue weighted by Crippen LogP contribution is -2.05. The highest BCUT2D eigenvalue weighted by molar-refractivity contribution is 6.08. The van der Waals surface area contributed by atoms with Crippen LogP contribution in [0.3, 0.4) is 0 Å². The summed E-state index contributed by atoms with van der Waals surface area (Å²) in [6.45, 7) is 3.04. The second-order valence-electron chi connectivity index (χ2n) is 2.33. The Morgan fingerprint density at radius 3 is 1.77 bits per heavy atom. The fourth-order valence-electron chi connectivity index (χ4n) is 0.758. The van der Waals surface area contributed by atoms with Crippen LogP contribution in [-0.4, -0.2) is 32.2 Å². The van der Waals surface area contributed by atoms with E-state index < -0.39 is 0 Å². The molecule has 0 saturated carbocycles. The molecule has 0 fully saturated rings. The van der Waals surface area contributed by atoms with Gasteiger partial charge in [0.15, 0.2) is 11.4 Å². The first-order chi connectivity index (χ1) is 6.20. The first-order valence-electron chi connectivity index (χ1n) is 3.41. The third-order valence-electron chi connectivity index (χ3n) is 1.47. The molecule has 0 amide bonds. The Labute approximate surface area is 73.3 Å². The van der Waals surface area contributed by atoms with Crippen LogP contribution in [0.5, 0.6) is 0 Å². The van der Waals surface area contributed by atoms with Gasteiger partial charge in [0.25, 0.3) is 0 Å². The summed E-state index contributed by atoms with van der Waals surface area (Å²) >= 11 is 0. The standard InChI is InChI=1S/C6H8N4O3/c1-3(7-11)5-6(4(2)8-12)10-13-9-5/h11-12H,1-2H3/b7-3+,8-4+. The molecule has 0 aliphatic heterocycles. The number of nitrogens with zero attached hydrogens (tertiary/aromatic N) is 4. The van der Waals surface area contributed by atoms with Crippen LogP contribution in [0, 0.1) is 0 Å². The number of aromatic nitrogens is 2. The van der Waals surface area contributed by atoms with E-state index in [2.05, 4.69) is 25.3 Å². The molecule has 1 rings (SSSR count). The molecule has 0 saturated heterocycles. The highest BCUT2D eigenvalue weighted by Gasteiger charge is 2.16. The van der Waals surface area contributed by atoms with E-state index in [-0.39, 0.29) is 22.8 Å². The average molecular weight is 184 g/mol. The highest BCUT2D eigenvalue weighted by Crippen LogP contribution is 2.05. The molecule has 0 radical (unpaired) electrons. The predicted octanol–water partition coefficient (Wildman–Crippen LogP) is 0.466. The zero-order valence-electron chi connectivity index (χ0n) is 7.09. The normalized spacial score (nSPS) is 13.4. The SMILES string of the molecule is C/C(=N\O)c1nonc1/C(C)=N/O. The molecule has 0 spiro atoms. The van der Waals surface area contributed by atoms with E-state index in [1.54, 1.807) is 0 Å². The van der Waals surface area contributed by atoms with Gasteiger partial charge in [-0.15, -0.1) is 0 Å². The number of oxime groups is 2. The van der Waals surface area contributed by atoms with Crippen LogP contribution in [0.25, 0.3) is 0 Å². The predicted molar refractivity (Wildman–Crippen MR) is 42.3 cm³/mol. The smallest absolute Gasteiger partial charge is 0.161 e. The Morgan fingerprint density at radius 2 is 1.46 bits per heavy atom. The Morgan fingerprint density at radius 1 is 1.08 bits per heavy atom. The van der Waals surface area contributed by atoms with Crippen molar-refractivity contribution in [3.8, 4) is 0 Å². The highest BCUT2D eigenvalue weighted by atomic mass is 16.6. The van der Waals surface area contributed by atoms with Crippen LogP contribution in [0.2, 0.25) is 0 Å². The van der Waals surface area contributed by atoms with E-state index in [1.165, 1.54) is 13.8 Å². The van der Waals surface area contributed by atoms with Crippen molar-refractivity contribution >= 4 is 11.4 Å². The number of hydrogen-bond acceptors (Lipinski definition) is 7. The maximum atomic E-state index is 8.46. The lowest BCUT2D eigenvalue weighted by atomic mass is 10.2. The molecule has 70 valence electrons. The third-order valence-corrected chi connectivity index (χ3v) is 1.47. The van der Waals surface area contributed by atoms with Gasteiger partial charge in [0.2, 0.25) is 0 Å². The van der Waals surface area contributed by atoms with E-state index in [0.29, 0.717) is 0 Å². The molecular weight excluding hydrogens is 176 g/mol. The molecule has 1 heterocycles. The van der Waals surface area contributed by atoms with Gasteiger partial charge in [-0.1, -0.05) is 10.3 Å². The van der Waals surface area contributed by atoms with E-state index in [9.17, 15) is 0 Å². The van der Waals surface area contributed by atoms with Crippen molar-refractivity contribution in [2.75, 3.05) is 0 Å². The topological polar surface area (TPSA) is 104 Å². The first-order valence-corrected chi connectivity index (χ1v) is 3.41. The van der Waals surface area contributed by atoms with Crippen LogP contribution >= 0.6 is 0 Å². The molecule has 7 heteroatoms. The van der Waals surface area contributed by atoms with Gasteiger partial charge in [0.1, 0.15) is 11.4 Å². The van der Waals surface area contributed by atoms with Crippen LogP contribution in [-0.2, 0) is 0 Å². The fourth-order valence-corrected chi connectivity index (χ4v) is 0.758. The first kappa shape index (κ1) is 9.17. The van der Waals surface area contributed by atoms with Gasteiger partial charge in [-0.2, -0.15) is 0 Å². The van der Waals surface area contributed by atoms with Gasteiger partial charge >= 0.3 is 0 Å². The minimum atomic E-state index is 0.235. The summed E-state index contributed by atoms with van der Waals surface area (Å²) in [6, 6.07) is 0. The number of hydrogen-bond donors (Lipinski definition) is 2. The summed E-state index contributed by atoms with van der Waals surface area (Å²) in [5.74, 6) is 0. The van der Waals surface area contributed by atoms with Crippen molar-refractivity contribution in [3.63, 3.8) is 0 Å². The van der Waals surface area contributed by atoms with Crippen LogP contribution in [0.15, 0.2) is 14.9 Å². The second kappa shape index (κ2) is 3.65. The summed E-state index contributed by atoms with van der Waals surface area (Å²) in [4.78, 5) is 0. The van der Waals surface area contributed by atoms with Crippen LogP contribution in [0.1, 0.15) is 25.2 Å². The third kappa shape index (κ3) is 1.63. The maximum Gasteiger partial charge on any atom is 0.161 e. The molecule has 0 atom stereocenters. The monoisotopic (exact) mass is 184 g/mol. The Hall–Kier alpha value is -1.92. The van der Waals surface area contributed by atoms with E-state index >= 15 is 0 Å². The molecule has 13 heavy (non-hydrogen) atoms. The Kier molecular flexibility index (Phi) is 2.58. The Bertz CT molecular complexity index is 322. The minimum absolute atomic E-state index is 0.235. The van der Waals surface area contributed by atoms with Gasteiger partial charge in [-0.3, -0.25) is 0 Å². The minimum Gasteiger partial charge on any atom is -0.411 e. The van der Waals surface area contributed by atoms with Crippen LogP contribution in [0.4, 0.5) is 0 Å². The summed E-state index contributed by atoms with van der Waals surface area (Å²) in [5, 5.41) is 29.7. The second-order valence-corrected chi connectivity index (χ2v) is 2.33. The molecule has 0 bridgehead atoms. The molecule has 0 aromatic carbocycles. The largest absolute Gasteiger partial charge is 0.411 e. The van der Waals surface area contributed by atoms with Crippen molar-refractivity contribution in [1.82, 2.24) is 10.3 Å². The molecule has 0 unspecified atom stereocenters. The molecule has 1 aromatic heterocycles. The molecule has 0 aliphatic carbocycles. The summed E-state index contributed by atoms with van der Waals surface area (Å²) in [5.41, 5.74) is 0.967. The molecular formula is C6H8N4O3. The van der Waals surface area contributed by atoms with Gasteiger partial charge in [-0.05, 0) is 24.2 Å². The molecule has 0 aliphatic rings. The van der Waals surface area contributed by atoms with E-state index in [1.807, 2.05) is 0 Å². The number of rotatable bonds is 2. The maximum absolute atomic E-state index is 8.46. The van der Waals surface area contributed by atoms with E-state index in [4.69, 9.17) is 10.4 Å². The van der Waals surface area contributed by atoms with Gasteiger partial charge < -0.3 is 10.4 Å². The zero-order chi connectivity index (χ0) is 9.84. The van der Waals surface area contributed by atoms with Gasteiger partial charge in [0.05, 0.1) is 0 Å². The van der Waals surface area contributed by atoms with Crippen molar-refractivity contribution in [3.05, 3.63) is 11.4 Å². The van der Waals surface area contributed by atoms with Gasteiger partial charge in [-0.25, -0.2) is 4.63 Å². The van der Waals surface area contributed by atoms with Crippen molar-refractivity contribution in [1.29, 1.82) is 0 Å². The van der Waals surface area contributed by atoms with Crippen molar-refractivity contribution in [2.45, 2.75) is 13.8 Å². The van der Waals surface area contributed by atoms with Gasteiger partial charge in [0, 0.05) is 0 Å². The van der Waals surface area contributed by atoms with Crippen molar-refractivity contribution < 1.29 is 15.0 Å². The summed E-state index contributed by atoms with van der Waals surface area (Å²) in [6.07, 6.45) is 0. The zero-order valence-corrected chi connectivity index (χ0v) is 7.09. The lowest BCUT2D eigenvalue weighted by Gasteiger charge is -1.93. The van der Waals surface area contributed by atoms with Crippen molar-refractivity contribution in [2.24, 2.45) is 10.3 Å². The van der Waals surface area contributed by atoms with E-state index in [0.717, 1.165) is 0 Å². The lowest BCUT2D eigenvalue weighted by molar-refractivity contribution is 0.301. The summed E-state index contributed by atoms with van der Waals surface area (Å²) < 4.78 is 4.41. The molecule has 7 nitrogen and oxygen atoms in total. The Balaban J connectivity index is 3.18. The van der Waals surface area contributed by atoms with Crippen LogP contribution < -0.4 is 0 Å². The molecule has 1 aromatic rings. The summed E-state index contributed by atoms with van der Waals surface area (Å²) in [7, 11) is 0. The quantitative estimate of drug-likeness (QED) is 0.395. The fraction of sp³-hybridized carbons (Fsp3) is 0.333. The molecule has 2 N–H and O–H groups in total.